The number of benzene rings is 1. The Labute approximate surface area is 138 Å². The summed E-state index contributed by atoms with van der Waals surface area (Å²) in [6, 6.07) is 7.22. The zero-order chi connectivity index (χ0) is 16.4. The Balaban J connectivity index is 1.68. The highest BCUT2D eigenvalue weighted by Gasteiger charge is 2.32. The summed E-state index contributed by atoms with van der Waals surface area (Å²) >= 11 is 1.50. The lowest BCUT2D eigenvalue weighted by atomic mass is 10.2. The van der Waals surface area contributed by atoms with E-state index in [2.05, 4.69) is 10.3 Å². The monoisotopic (exact) mass is 331 g/mol. The fraction of sp³-hybridized carbons (Fsp3) is 0.312. The van der Waals surface area contributed by atoms with Crippen LogP contribution in [0, 0.1) is 6.92 Å². The Kier molecular flexibility index (Phi) is 4.29. The van der Waals surface area contributed by atoms with Gasteiger partial charge in [0, 0.05) is 11.1 Å². The summed E-state index contributed by atoms with van der Waals surface area (Å²) in [5.74, 6) is 0.169. The highest BCUT2D eigenvalue weighted by atomic mass is 32.1. The topological polar surface area (TPSA) is 71.5 Å². The van der Waals surface area contributed by atoms with Crippen LogP contribution < -0.4 is 15.0 Å². The molecule has 1 N–H and O–H groups in total. The molecule has 2 amide bonds. The molecule has 7 heteroatoms. The summed E-state index contributed by atoms with van der Waals surface area (Å²) in [6.07, 6.45) is -0.598. The molecule has 0 radical (unpaired) electrons. The average Bonchev–Trinajstić information content (AvgIpc) is 2.95. The van der Waals surface area contributed by atoms with Crippen LogP contribution in [0.15, 0.2) is 29.6 Å². The standard InChI is InChI=1S/C16H17N3O3S/c1-10-9-23-15(18-10)7-17-14(20)8-19-12-5-3-4-6-13(12)22-11(2)16(19)21/h3-6,9,11H,7-8H2,1-2H3,(H,17,20)/t11-/m1/s1. The number of aromatic nitrogens is 1. The first-order valence-corrected chi connectivity index (χ1v) is 8.17. The fourth-order valence-electron chi connectivity index (χ4n) is 2.38. The van der Waals surface area contributed by atoms with E-state index in [-0.39, 0.29) is 18.4 Å². The number of nitrogens with zero attached hydrogens (tertiary/aromatic N) is 2. The van der Waals surface area contributed by atoms with E-state index in [0.717, 1.165) is 10.7 Å². The Bertz CT molecular complexity index is 744. The van der Waals surface area contributed by atoms with Crippen LogP contribution in [0.5, 0.6) is 5.75 Å². The van der Waals surface area contributed by atoms with E-state index in [1.54, 1.807) is 19.1 Å². The van der Waals surface area contributed by atoms with Crippen molar-refractivity contribution in [1.29, 1.82) is 0 Å². The zero-order valence-electron chi connectivity index (χ0n) is 12.9. The summed E-state index contributed by atoms with van der Waals surface area (Å²) in [4.78, 5) is 30.3. The van der Waals surface area contributed by atoms with Crippen LogP contribution >= 0.6 is 11.3 Å². The van der Waals surface area contributed by atoms with Crippen LogP contribution in [0.4, 0.5) is 5.69 Å². The van der Waals surface area contributed by atoms with Crippen LogP contribution in [0.3, 0.4) is 0 Å². The predicted octanol–water partition coefficient (Wildman–Crippen LogP) is 1.88. The number of nitrogens with one attached hydrogen (secondary N) is 1. The van der Waals surface area contributed by atoms with E-state index in [9.17, 15) is 9.59 Å². The number of anilines is 1. The predicted molar refractivity (Wildman–Crippen MR) is 87.6 cm³/mol. The molecule has 1 aromatic carbocycles. The summed E-state index contributed by atoms with van der Waals surface area (Å²) in [6.45, 7) is 3.93. The van der Waals surface area contributed by atoms with Crippen LogP contribution in [0.1, 0.15) is 17.6 Å². The van der Waals surface area contributed by atoms with E-state index < -0.39 is 6.10 Å². The highest BCUT2D eigenvalue weighted by Crippen LogP contribution is 2.33. The minimum Gasteiger partial charge on any atom is -0.479 e. The summed E-state index contributed by atoms with van der Waals surface area (Å²) in [5, 5.41) is 5.58. The molecule has 0 spiro atoms. The number of ether oxygens (including phenoxy) is 1. The first-order chi connectivity index (χ1) is 11.0. The molecule has 23 heavy (non-hydrogen) atoms. The summed E-state index contributed by atoms with van der Waals surface area (Å²) in [5.41, 5.74) is 1.56. The number of para-hydroxylation sites is 2. The molecule has 1 aliphatic heterocycles. The van der Waals surface area contributed by atoms with Crippen molar-refractivity contribution in [2.24, 2.45) is 0 Å². The van der Waals surface area contributed by atoms with Crippen molar-refractivity contribution in [3.63, 3.8) is 0 Å². The van der Waals surface area contributed by atoms with Gasteiger partial charge in [-0.1, -0.05) is 12.1 Å². The van der Waals surface area contributed by atoms with E-state index in [4.69, 9.17) is 4.74 Å². The van der Waals surface area contributed by atoms with E-state index >= 15 is 0 Å². The van der Waals surface area contributed by atoms with Gasteiger partial charge in [0.25, 0.3) is 5.91 Å². The van der Waals surface area contributed by atoms with Gasteiger partial charge < -0.3 is 10.1 Å². The molecule has 3 rings (SSSR count). The fourth-order valence-corrected chi connectivity index (χ4v) is 3.09. The van der Waals surface area contributed by atoms with Gasteiger partial charge in [0.1, 0.15) is 17.3 Å². The quantitative estimate of drug-likeness (QED) is 0.928. The van der Waals surface area contributed by atoms with E-state index in [1.807, 2.05) is 24.4 Å². The number of hydrogen-bond donors (Lipinski definition) is 1. The molecule has 1 aliphatic rings. The van der Waals surface area contributed by atoms with Gasteiger partial charge in [-0.2, -0.15) is 0 Å². The minimum absolute atomic E-state index is 0.0338. The third-order valence-corrected chi connectivity index (χ3v) is 4.45. The molecular weight excluding hydrogens is 314 g/mol. The number of amides is 2. The normalized spacial score (nSPS) is 16.7. The molecule has 0 fully saturated rings. The third-order valence-electron chi connectivity index (χ3n) is 3.48. The Hall–Kier alpha value is -2.41. The van der Waals surface area contributed by atoms with Crippen LogP contribution in [-0.2, 0) is 16.1 Å². The van der Waals surface area contributed by atoms with Crippen molar-refractivity contribution in [3.8, 4) is 5.75 Å². The lowest BCUT2D eigenvalue weighted by molar-refractivity contribution is -0.128. The first kappa shape index (κ1) is 15.5. The molecule has 2 heterocycles. The van der Waals surface area contributed by atoms with Crippen molar-refractivity contribution in [2.45, 2.75) is 26.5 Å². The van der Waals surface area contributed by atoms with Crippen LogP contribution in [0.2, 0.25) is 0 Å². The van der Waals surface area contributed by atoms with Crippen molar-refractivity contribution in [2.75, 3.05) is 11.4 Å². The number of aryl methyl sites for hydroxylation is 1. The van der Waals surface area contributed by atoms with Gasteiger partial charge in [0.15, 0.2) is 6.10 Å². The molecule has 120 valence electrons. The molecular formula is C16H17N3O3S. The van der Waals surface area contributed by atoms with E-state index in [1.165, 1.54) is 16.2 Å². The van der Waals surface area contributed by atoms with Gasteiger partial charge in [0.2, 0.25) is 5.91 Å². The molecule has 0 saturated carbocycles. The van der Waals surface area contributed by atoms with Gasteiger partial charge >= 0.3 is 0 Å². The molecule has 1 aromatic heterocycles. The van der Waals surface area contributed by atoms with Gasteiger partial charge in [-0.15, -0.1) is 11.3 Å². The molecule has 6 nitrogen and oxygen atoms in total. The lowest BCUT2D eigenvalue weighted by Crippen LogP contribution is -2.48. The van der Waals surface area contributed by atoms with Crippen molar-refractivity contribution in [3.05, 3.63) is 40.3 Å². The Morgan fingerprint density at radius 1 is 1.43 bits per heavy atom. The number of carbonyl (C=O) groups is 2. The number of carbonyl (C=O) groups excluding carboxylic acids is 2. The minimum atomic E-state index is -0.598. The molecule has 2 aromatic rings. The molecule has 0 aliphatic carbocycles. The van der Waals surface area contributed by atoms with Crippen molar-refractivity contribution >= 4 is 28.8 Å². The summed E-state index contributed by atoms with van der Waals surface area (Å²) < 4.78 is 5.56. The molecule has 1 atom stereocenters. The van der Waals surface area contributed by atoms with Gasteiger partial charge in [0.05, 0.1) is 12.2 Å². The average molecular weight is 331 g/mol. The van der Waals surface area contributed by atoms with Gasteiger partial charge in [-0.25, -0.2) is 4.98 Å². The van der Waals surface area contributed by atoms with Crippen molar-refractivity contribution < 1.29 is 14.3 Å². The molecule has 0 saturated heterocycles. The second-order valence-corrected chi connectivity index (χ2v) is 6.25. The smallest absolute Gasteiger partial charge is 0.268 e. The van der Waals surface area contributed by atoms with Crippen molar-refractivity contribution in [1.82, 2.24) is 10.3 Å². The van der Waals surface area contributed by atoms with E-state index in [0.29, 0.717) is 18.0 Å². The largest absolute Gasteiger partial charge is 0.479 e. The maximum absolute atomic E-state index is 12.3. The first-order valence-electron chi connectivity index (χ1n) is 7.29. The SMILES string of the molecule is Cc1csc(CNC(=O)CN2C(=O)[C@@H](C)Oc3ccccc32)n1. The second kappa shape index (κ2) is 6.37. The number of hydrogen-bond acceptors (Lipinski definition) is 5. The lowest BCUT2D eigenvalue weighted by Gasteiger charge is -2.32. The van der Waals surface area contributed by atoms with Gasteiger partial charge in [-0.05, 0) is 26.0 Å². The van der Waals surface area contributed by atoms with Crippen LogP contribution in [-0.4, -0.2) is 29.4 Å². The maximum atomic E-state index is 12.3. The molecule has 0 unspecified atom stereocenters. The molecule has 0 bridgehead atoms. The maximum Gasteiger partial charge on any atom is 0.268 e. The Morgan fingerprint density at radius 3 is 2.96 bits per heavy atom. The zero-order valence-corrected chi connectivity index (χ0v) is 13.7. The Morgan fingerprint density at radius 2 is 2.22 bits per heavy atom. The number of rotatable bonds is 4. The number of fused-ring (bicyclic) bond motifs is 1. The number of thiazole rings is 1. The highest BCUT2D eigenvalue weighted by molar-refractivity contribution is 7.09. The van der Waals surface area contributed by atoms with Gasteiger partial charge in [-0.3, -0.25) is 14.5 Å². The van der Waals surface area contributed by atoms with Crippen LogP contribution in [0.25, 0.3) is 0 Å². The summed E-state index contributed by atoms with van der Waals surface area (Å²) in [7, 11) is 0. The second-order valence-electron chi connectivity index (χ2n) is 5.31. The third kappa shape index (κ3) is 3.34.